The van der Waals surface area contributed by atoms with Crippen LogP contribution in [0.3, 0.4) is 0 Å². The minimum absolute atomic E-state index is 0.187. The van der Waals surface area contributed by atoms with E-state index in [0.29, 0.717) is 17.1 Å². The Morgan fingerprint density at radius 2 is 2.22 bits per heavy atom. The van der Waals surface area contributed by atoms with E-state index in [4.69, 9.17) is 10.5 Å². The molecule has 0 bridgehead atoms. The van der Waals surface area contributed by atoms with Crippen molar-refractivity contribution in [3.05, 3.63) is 45.9 Å². The number of aryl methyl sites for hydroxylation is 1. The number of nitrogens with two attached hydrogens (primary N) is 1. The van der Waals surface area contributed by atoms with Crippen LogP contribution in [0.15, 0.2) is 29.1 Å². The Bertz CT molecular complexity index is 620. The van der Waals surface area contributed by atoms with Crippen molar-refractivity contribution in [2.24, 2.45) is 5.73 Å². The number of aromatic amines is 1. The maximum Gasteiger partial charge on any atom is 0.255 e. The number of hydrogen-bond donors (Lipinski definition) is 2. The number of rotatable bonds is 3. The normalized spacial score (nSPS) is 10.4. The molecule has 0 aliphatic rings. The number of methoxy groups -OCH3 is 1. The summed E-state index contributed by atoms with van der Waals surface area (Å²) in [5, 5.41) is 0. The molecule has 0 radical (unpaired) electrons. The molecular weight excluding hydrogens is 230 g/mol. The molecule has 2 rings (SSSR count). The van der Waals surface area contributed by atoms with E-state index in [2.05, 4.69) is 9.97 Å². The lowest BCUT2D eigenvalue weighted by Gasteiger charge is -2.07. The topological polar surface area (TPSA) is 81.0 Å². The maximum atomic E-state index is 11.8. The van der Waals surface area contributed by atoms with E-state index in [1.165, 1.54) is 0 Å². The highest BCUT2D eigenvalue weighted by atomic mass is 16.5. The first-order chi connectivity index (χ1) is 8.65. The number of hydrogen-bond acceptors (Lipinski definition) is 4. The molecule has 0 spiro atoms. The molecule has 1 heterocycles. The largest absolute Gasteiger partial charge is 0.497 e. The highest BCUT2D eigenvalue weighted by Gasteiger charge is 2.08. The monoisotopic (exact) mass is 245 g/mol. The third-order valence-electron chi connectivity index (χ3n) is 2.77. The second kappa shape index (κ2) is 5.01. The first kappa shape index (κ1) is 12.3. The Hall–Kier alpha value is -2.14. The highest BCUT2D eigenvalue weighted by molar-refractivity contribution is 5.57. The van der Waals surface area contributed by atoms with Gasteiger partial charge in [-0.05, 0) is 19.1 Å². The van der Waals surface area contributed by atoms with Crippen LogP contribution in [0.4, 0.5) is 0 Å². The van der Waals surface area contributed by atoms with Crippen molar-refractivity contribution < 1.29 is 4.74 Å². The van der Waals surface area contributed by atoms with Crippen LogP contribution in [-0.4, -0.2) is 17.1 Å². The zero-order valence-electron chi connectivity index (χ0n) is 10.4. The van der Waals surface area contributed by atoms with Gasteiger partial charge in [-0.15, -0.1) is 0 Å². The second-order valence-corrected chi connectivity index (χ2v) is 3.91. The van der Waals surface area contributed by atoms with Crippen LogP contribution in [0.25, 0.3) is 11.4 Å². The van der Waals surface area contributed by atoms with Gasteiger partial charge in [0.25, 0.3) is 5.56 Å². The summed E-state index contributed by atoms with van der Waals surface area (Å²) >= 11 is 0. The lowest BCUT2D eigenvalue weighted by atomic mass is 10.1. The third kappa shape index (κ3) is 2.26. The number of benzene rings is 1. The summed E-state index contributed by atoms with van der Waals surface area (Å²) in [4.78, 5) is 18.9. The minimum Gasteiger partial charge on any atom is -0.497 e. The Morgan fingerprint density at radius 3 is 2.83 bits per heavy atom. The van der Waals surface area contributed by atoms with E-state index in [0.717, 1.165) is 11.3 Å². The molecule has 2 aromatic rings. The number of ether oxygens (including phenoxy) is 1. The van der Waals surface area contributed by atoms with Gasteiger partial charge in [-0.3, -0.25) is 4.79 Å². The van der Waals surface area contributed by atoms with Crippen molar-refractivity contribution in [2.45, 2.75) is 13.5 Å². The molecule has 1 aromatic carbocycles. The first-order valence-corrected chi connectivity index (χ1v) is 5.60. The minimum atomic E-state index is -0.192. The smallest absolute Gasteiger partial charge is 0.255 e. The average Bonchev–Trinajstić information content (AvgIpc) is 2.38. The van der Waals surface area contributed by atoms with E-state index in [1.54, 1.807) is 14.0 Å². The Labute approximate surface area is 105 Å². The Kier molecular flexibility index (Phi) is 3.43. The molecule has 5 nitrogen and oxygen atoms in total. The van der Waals surface area contributed by atoms with Crippen LogP contribution in [0, 0.1) is 6.92 Å². The molecule has 3 N–H and O–H groups in total. The fourth-order valence-corrected chi connectivity index (χ4v) is 1.76. The van der Waals surface area contributed by atoms with Crippen molar-refractivity contribution in [2.75, 3.05) is 7.11 Å². The SMILES string of the molecule is COc1cccc(-c2nc(C)c(CN)c(=O)[nH]2)c1. The Morgan fingerprint density at radius 1 is 1.44 bits per heavy atom. The molecule has 0 aliphatic carbocycles. The zero-order chi connectivity index (χ0) is 13.1. The molecule has 0 saturated heterocycles. The van der Waals surface area contributed by atoms with Crippen LogP contribution in [0.2, 0.25) is 0 Å². The second-order valence-electron chi connectivity index (χ2n) is 3.91. The van der Waals surface area contributed by atoms with Gasteiger partial charge in [-0.2, -0.15) is 0 Å². The first-order valence-electron chi connectivity index (χ1n) is 5.60. The number of H-pyrrole nitrogens is 1. The number of aromatic nitrogens is 2. The molecule has 0 aliphatic heterocycles. The molecule has 0 saturated carbocycles. The van der Waals surface area contributed by atoms with Gasteiger partial charge in [-0.1, -0.05) is 12.1 Å². The third-order valence-corrected chi connectivity index (χ3v) is 2.77. The van der Waals surface area contributed by atoms with Crippen LogP contribution in [0.1, 0.15) is 11.3 Å². The summed E-state index contributed by atoms with van der Waals surface area (Å²) in [5.74, 6) is 1.24. The fraction of sp³-hybridized carbons (Fsp3) is 0.231. The van der Waals surface area contributed by atoms with Crippen molar-refractivity contribution in [1.29, 1.82) is 0 Å². The van der Waals surface area contributed by atoms with Gasteiger partial charge < -0.3 is 15.5 Å². The zero-order valence-corrected chi connectivity index (χ0v) is 10.4. The predicted molar refractivity (Wildman–Crippen MR) is 69.5 cm³/mol. The molecule has 94 valence electrons. The van der Waals surface area contributed by atoms with Crippen LogP contribution in [-0.2, 0) is 6.54 Å². The lowest BCUT2D eigenvalue weighted by Crippen LogP contribution is -2.20. The maximum absolute atomic E-state index is 11.8. The van der Waals surface area contributed by atoms with Crippen molar-refractivity contribution in [3.8, 4) is 17.1 Å². The number of nitrogens with zero attached hydrogens (tertiary/aromatic N) is 1. The summed E-state index contributed by atoms with van der Waals surface area (Å²) < 4.78 is 5.14. The molecule has 0 atom stereocenters. The summed E-state index contributed by atoms with van der Waals surface area (Å²) in [6, 6.07) is 7.37. The molecule has 0 fully saturated rings. The fourth-order valence-electron chi connectivity index (χ4n) is 1.76. The Balaban J connectivity index is 2.54. The van der Waals surface area contributed by atoms with Gasteiger partial charge in [0.1, 0.15) is 11.6 Å². The quantitative estimate of drug-likeness (QED) is 0.851. The average molecular weight is 245 g/mol. The van der Waals surface area contributed by atoms with Gasteiger partial charge in [0.05, 0.1) is 12.7 Å². The molecular formula is C13H15N3O2. The predicted octanol–water partition coefficient (Wildman–Crippen LogP) is 1.21. The van der Waals surface area contributed by atoms with Gasteiger partial charge >= 0.3 is 0 Å². The van der Waals surface area contributed by atoms with E-state index < -0.39 is 0 Å². The van der Waals surface area contributed by atoms with Gasteiger partial charge in [-0.25, -0.2) is 4.98 Å². The van der Waals surface area contributed by atoms with Gasteiger partial charge in [0, 0.05) is 17.8 Å². The number of nitrogens with one attached hydrogen (secondary N) is 1. The van der Waals surface area contributed by atoms with Gasteiger partial charge in [0.15, 0.2) is 0 Å². The van der Waals surface area contributed by atoms with Crippen molar-refractivity contribution in [1.82, 2.24) is 9.97 Å². The molecule has 0 unspecified atom stereocenters. The molecule has 1 aromatic heterocycles. The van der Waals surface area contributed by atoms with Crippen molar-refractivity contribution in [3.63, 3.8) is 0 Å². The van der Waals surface area contributed by atoms with Crippen LogP contribution in [0.5, 0.6) is 5.75 Å². The van der Waals surface area contributed by atoms with Crippen molar-refractivity contribution >= 4 is 0 Å². The molecule has 18 heavy (non-hydrogen) atoms. The summed E-state index contributed by atoms with van der Waals surface area (Å²) in [5.41, 5.74) is 7.29. The summed E-state index contributed by atoms with van der Waals surface area (Å²) in [6.45, 7) is 1.97. The van der Waals surface area contributed by atoms with E-state index in [9.17, 15) is 4.79 Å². The lowest BCUT2D eigenvalue weighted by molar-refractivity contribution is 0.415. The molecule has 0 amide bonds. The van der Waals surface area contributed by atoms with E-state index >= 15 is 0 Å². The summed E-state index contributed by atoms with van der Waals surface area (Å²) in [6.07, 6.45) is 0. The van der Waals surface area contributed by atoms with Crippen LogP contribution < -0.4 is 16.0 Å². The summed E-state index contributed by atoms with van der Waals surface area (Å²) in [7, 11) is 1.60. The van der Waals surface area contributed by atoms with Gasteiger partial charge in [0.2, 0.25) is 0 Å². The highest BCUT2D eigenvalue weighted by Crippen LogP contribution is 2.20. The van der Waals surface area contributed by atoms with E-state index in [-0.39, 0.29) is 12.1 Å². The molecule has 5 heteroatoms. The van der Waals surface area contributed by atoms with Crippen LogP contribution >= 0.6 is 0 Å². The standard InChI is InChI=1S/C13H15N3O2/c1-8-11(7-14)13(17)16-12(15-8)9-4-3-5-10(6-9)18-2/h3-6H,7,14H2,1-2H3,(H,15,16,17). The van der Waals surface area contributed by atoms with E-state index in [1.807, 2.05) is 24.3 Å².